The Morgan fingerprint density at radius 1 is 0.852 bits per heavy atom. The van der Waals surface area contributed by atoms with Crippen molar-refractivity contribution in [3.8, 4) is 0 Å². The Morgan fingerprint density at radius 2 is 1.30 bits per heavy atom. The van der Waals surface area contributed by atoms with E-state index < -0.39 is 0 Å². The lowest BCUT2D eigenvalue weighted by atomic mass is 10.2. The number of rotatable bonds is 8. The van der Waals surface area contributed by atoms with Crippen LogP contribution in [0.3, 0.4) is 0 Å². The van der Waals surface area contributed by atoms with Crippen LogP contribution in [0.25, 0.3) is 0 Å². The fourth-order valence-corrected chi connectivity index (χ4v) is 2.13. The molecule has 0 aliphatic heterocycles. The predicted molar refractivity (Wildman–Crippen MR) is 103 cm³/mol. The first-order valence-corrected chi connectivity index (χ1v) is 8.54. The summed E-state index contributed by atoms with van der Waals surface area (Å²) < 4.78 is 0. The molecule has 0 unspecified atom stereocenters. The summed E-state index contributed by atoms with van der Waals surface area (Å²) in [5.74, 6) is -0.529. The van der Waals surface area contributed by atoms with Crippen molar-refractivity contribution >= 4 is 24.2 Å². The van der Waals surface area contributed by atoms with Gasteiger partial charge < -0.3 is 0 Å². The molecule has 2 amide bonds. The van der Waals surface area contributed by atoms with E-state index >= 15 is 0 Å². The Morgan fingerprint density at radius 3 is 1.70 bits per heavy atom. The molecule has 0 bridgehead atoms. The number of hydrogen-bond donors (Lipinski definition) is 2. The van der Waals surface area contributed by atoms with Gasteiger partial charge in [0.25, 0.3) is 0 Å². The van der Waals surface area contributed by atoms with E-state index in [1.165, 1.54) is 12.4 Å². The van der Waals surface area contributed by atoms with Crippen molar-refractivity contribution in [2.24, 2.45) is 10.2 Å². The third kappa shape index (κ3) is 8.00. The van der Waals surface area contributed by atoms with Crippen LogP contribution in [0.4, 0.5) is 0 Å². The number of hydrogen-bond acceptors (Lipinski definition) is 6. The van der Waals surface area contributed by atoms with Crippen LogP contribution in [0.5, 0.6) is 0 Å². The molecule has 2 N–H and O–H groups in total. The molecule has 8 heteroatoms. The van der Waals surface area contributed by atoms with Crippen molar-refractivity contribution in [2.75, 3.05) is 0 Å². The van der Waals surface area contributed by atoms with Crippen molar-refractivity contribution in [3.05, 3.63) is 59.2 Å². The number of amides is 2. The van der Waals surface area contributed by atoms with Gasteiger partial charge >= 0.3 is 0 Å². The van der Waals surface area contributed by atoms with Gasteiger partial charge in [-0.15, -0.1) is 0 Å². The second kappa shape index (κ2) is 10.5. The molecular formula is C19H22N6O2. The van der Waals surface area contributed by atoms with Gasteiger partial charge in [0, 0.05) is 24.2 Å². The van der Waals surface area contributed by atoms with Crippen LogP contribution in [-0.2, 0) is 9.59 Å². The first-order chi connectivity index (χ1) is 13.0. The quantitative estimate of drug-likeness (QED) is 0.549. The largest absolute Gasteiger partial charge is 0.273 e. The van der Waals surface area contributed by atoms with Gasteiger partial charge in [0.05, 0.1) is 23.8 Å². The van der Waals surface area contributed by atoms with E-state index in [-0.39, 0.29) is 24.7 Å². The zero-order valence-electron chi connectivity index (χ0n) is 15.3. The van der Waals surface area contributed by atoms with Crippen LogP contribution in [-0.4, -0.2) is 34.2 Å². The summed E-state index contributed by atoms with van der Waals surface area (Å²) in [7, 11) is 0. The fourth-order valence-electron chi connectivity index (χ4n) is 2.13. The van der Waals surface area contributed by atoms with E-state index in [1.54, 1.807) is 12.1 Å². The minimum absolute atomic E-state index is 0.190. The van der Waals surface area contributed by atoms with Crippen molar-refractivity contribution in [3.63, 3.8) is 0 Å². The molecule has 0 fully saturated rings. The summed E-state index contributed by atoms with van der Waals surface area (Å²) in [6.45, 7) is 3.75. The SMILES string of the molecule is Cc1cccc(C=NNC(=O)CCCC(=O)NN=Cc2cccc(C)n2)n1. The number of hydrazone groups is 2. The van der Waals surface area contributed by atoms with Crippen molar-refractivity contribution in [1.82, 2.24) is 20.8 Å². The van der Waals surface area contributed by atoms with Crippen LogP contribution >= 0.6 is 0 Å². The molecule has 2 aromatic rings. The Bertz CT molecular complexity index is 778. The number of pyridine rings is 2. The summed E-state index contributed by atoms with van der Waals surface area (Å²) >= 11 is 0. The lowest BCUT2D eigenvalue weighted by Crippen LogP contribution is -2.20. The summed E-state index contributed by atoms with van der Waals surface area (Å²) in [4.78, 5) is 31.9. The average molecular weight is 366 g/mol. The normalized spacial score (nSPS) is 11.0. The minimum Gasteiger partial charge on any atom is -0.273 e. The highest BCUT2D eigenvalue weighted by atomic mass is 16.2. The van der Waals surface area contributed by atoms with Gasteiger partial charge in [-0.1, -0.05) is 12.1 Å². The Labute approximate surface area is 157 Å². The minimum atomic E-state index is -0.265. The Kier molecular flexibility index (Phi) is 7.77. The highest BCUT2D eigenvalue weighted by Gasteiger charge is 2.04. The molecule has 0 aliphatic rings. The molecule has 8 nitrogen and oxygen atoms in total. The number of nitrogens with zero attached hydrogens (tertiary/aromatic N) is 4. The van der Waals surface area contributed by atoms with E-state index in [1.807, 2.05) is 38.1 Å². The topological polar surface area (TPSA) is 109 Å². The van der Waals surface area contributed by atoms with Crippen LogP contribution in [0.1, 0.15) is 42.0 Å². The highest BCUT2D eigenvalue weighted by molar-refractivity contribution is 5.82. The lowest BCUT2D eigenvalue weighted by Gasteiger charge is -2.01. The van der Waals surface area contributed by atoms with Crippen molar-refractivity contribution in [2.45, 2.75) is 33.1 Å². The zero-order chi connectivity index (χ0) is 19.5. The maximum Gasteiger partial charge on any atom is 0.240 e. The van der Waals surface area contributed by atoms with Gasteiger partial charge in [0.1, 0.15) is 0 Å². The number of carbonyl (C=O) groups excluding carboxylic acids is 2. The van der Waals surface area contributed by atoms with E-state index in [2.05, 4.69) is 31.0 Å². The molecule has 2 aromatic heterocycles. The Balaban J connectivity index is 1.63. The van der Waals surface area contributed by atoms with Crippen LogP contribution in [0.2, 0.25) is 0 Å². The highest BCUT2D eigenvalue weighted by Crippen LogP contribution is 1.97. The molecule has 140 valence electrons. The fraction of sp³-hybridized carbons (Fsp3) is 0.263. The van der Waals surface area contributed by atoms with Crippen molar-refractivity contribution < 1.29 is 9.59 Å². The van der Waals surface area contributed by atoms with Crippen LogP contribution in [0.15, 0.2) is 46.6 Å². The lowest BCUT2D eigenvalue weighted by molar-refractivity contribution is -0.122. The van der Waals surface area contributed by atoms with Crippen LogP contribution < -0.4 is 10.9 Å². The van der Waals surface area contributed by atoms with Crippen LogP contribution in [0, 0.1) is 13.8 Å². The van der Waals surface area contributed by atoms with Gasteiger partial charge in [-0.25, -0.2) is 10.9 Å². The second-order valence-electron chi connectivity index (χ2n) is 5.85. The third-order valence-electron chi connectivity index (χ3n) is 3.40. The standard InChI is InChI=1S/C19H22N6O2/c1-14-6-3-8-16(22-14)12-20-24-18(26)10-5-11-19(27)25-21-13-17-9-4-7-15(2)23-17/h3-4,6-9,12-13H,5,10-11H2,1-2H3,(H,24,26)(H,25,27). The van der Waals surface area contributed by atoms with E-state index in [4.69, 9.17) is 0 Å². The second-order valence-corrected chi connectivity index (χ2v) is 5.85. The molecule has 0 radical (unpaired) electrons. The average Bonchev–Trinajstić information content (AvgIpc) is 2.62. The van der Waals surface area contributed by atoms with Crippen molar-refractivity contribution in [1.29, 1.82) is 0 Å². The maximum atomic E-state index is 11.7. The van der Waals surface area contributed by atoms with Gasteiger partial charge in [0.2, 0.25) is 11.8 Å². The van der Waals surface area contributed by atoms with E-state index in [9.17, 15) is 9.59 Å². The summed E-state index contributed by atoms with van der Waals surface area (Å²) in [5, 5.41) is 7.71. The first-order valence-electron chi connectivity index (χ1n) is 8.54. The van der Waals surface area contributed by atoms with Gasteiger partial charge in [-0.3, -0.25) is 19.6 Å². The number of carbonyl (C=O) groups is 2. The summed E-state index contributed by atoms with van der Waals surface area (Å²) in [5.41, 5.74) is 7.90. The van der Waals surface area contributed by atoms with E-state index in [0.717, 1.165) is 11.4 Å². The molecule has 2 heterocycles. The molecule has 0 saturated carbocycles. The molecule has 27 heavy (non-hydrogen) atoms. The van der Waals surface area contributed by atoms with Gasteiger partial charge in [-0.05, 0) is 44.5 Å². The monoisotopic (exact) mass is 366 g/mol. The van der Waals surface area contributed by atoms with Gasteiger partial charge in [-0.2, -0.15) is 10.2 Å². The van der Waals surface area contributed by atoms with Gasteiger partial charge in [0.15, 0.2) is 0 Å². The molecular weight excluding hydrogens is 344 g/mol. The summed E-state index contributed by atoms with van der Waals surface area (Å²) in [6.07, 6.45) is 3.73. The number of nitrogens with one attached hydrogen (secondary N) is 2. The molecule has 2 rings (SSSR count). The number of aryl methyl sites for hydroxylation is 2. The molecule has 0 atom stereocenters. The summed E-state index contributed by atoms with van der Waals surface area (Å²) in [6, 6.07) is 11.1. The van der Waals surface area contributed by atoms with E-state index in [0.29, 0.717) is 17.8 Å². The Hall–Kier alpha value is -3.42. The third-order valence-corrected chi connectivity index (χ3v) is 3.40. The smallest absolute Gasteiger partial charge is 0.240 e. The zero-order valence-corrected chi connectivity index (χ0v) is 15.3. The molecule has 0 aliphatic carbocycles. The maximum absolute atomic E-state index is 11.7. The number of aromatic nitrogens is 2. The molecule has 0 saturated heterocycles. The predicted octanol–water partition coefficient (Wildman–Crippen LogP) is 1.86. The molecule has 0 aromatic carbocycles. The first kappa shape index (κ1) is 19.9. The molecule has 0 spiro atoms.